The number of rotatable bonds is 8. The van der Waals surface area contributed by atoms with Gasteiger partial charge in [-0.05, 0) is 50.8 Å². The van der Waals surface area contributed by atoms with Gasteiger partial charge in [0.1, 0.15) is 0 Å². The molecule has 2 fully saturated rings. The molecule has 0 saturated carbocycles. The first kappa shape index (κ1) is 29.0. The van der Waals surface area contributed by atoms with Gasteiger partial charge in [-0.2, -0.15) is 22.5 Å². The Kier molecular flexibility index (Phi) is 9.14. The average molecular weight is 606 g/mol. The Balaban J connectivity index is 1.62. The van der Waals surface area contributed by atoms with Crippen molar-refractivity contribution < 1.29 is 13.2 Å². The third kappa shape index (κ3) is 6.53. The molecule has 2 saturated heterocycles. The number of halogens is 2. The van der Waals surface area contributed by atoms with Gasteiger partial charge in [0.25, 0.3) is 16.1 Å². The van der Waals surface area contributed by atoms with Crippen molar-refractivity contribution in [1.82, 2.24) is 29.2 Å². The van der Waals surface area contributed by atoms with E-state index >= 15 is 0 Å². The average Bonchev–Trinajstić information content (AvgIpc) is 3.33. The third-order valence-corrected chi connectivity index (χ3v) is 9.46. The lowest BCUT2D eigenvalue weighted by atomic mass is 10.0. The van der Waals surface area contributed by atoms with Crippen LogP contribution < -0.4 is 10.1 Å². The van der Waals surface area contributed by atoms with Crippen LogP contribution in [0.15, 0.2) is 42.5 Å². The Hall–Kier alpha value is -2.47. The van der Waals surface area contributed by atoms with E-state index in [1.54, 1.807) is 22.9 Å². The zero-order valence-corrected chi connectivity index (χ0v) is 24.8. The van der Waals surface area contributed by atoms with Crippen LogP contribution in [0.2, 0.25) is 10.0 Å². The summed E-state index contributed by atoms with van der Waals surface area (Å²) in [4.78, 5) is 13.7. The molecule has 0 unspecified atom stereocenters. The molecule has 0 radical (unpaired) electrons. The van der Waals surface area contributed by atoms with Crippen LogP contribution in [0.4, 0.5) is 0 Å². The summed E-state index contributed by atoms with van der Waals surface area (Å²) in [6, 6.07) is 12.9. The minimum Gasteiger partial charge on any atom is -0.283 e. The molecule has 1 aromatic heterocycles. The Morgan fingerprint density at radius 2 is 1.57 bits per heavy atom. The predicted molar refractivity (Wildman–Crippen MR) is 158 cm³/mol. The molecule has 0 atom stereocenters. The smallest absolute Gasteiger partial charge is 0.283 e. The first-order valence-electron chi connectivity index (χ1n) is 13.7. The molecule has 2 aliphatic heterocycles. The fourth-order valence-electron chi connectivity index (χ4n) is 5.20. The molecule has 2 aliphatic rings. The van der Waals surface area contributed by atoms with Crippen LogP contribution in [0.25, 0.3) is 16.9 Å². The lowest BCUT2D eigenvalue weighted by Crippen LogP contribution is -2.46. The summed E-state index contributed by atoms with van der Waals surface area (Å²) >= 11 is 12.8. The standard InChI is InChI=1S/C28H34Cl2N6O3S/c1-20-8-10-21(11-9-20)27-23(19-31-40(38,39)35-16-6-3-7-17-35)26(28(37)33-34-14-4-2-5-15-34)32-36(27)25-13-12-22(29)18-24(25)30/h8-13,18,31H,2-7,14-17,19H2,1H3,(H,33,37). The minimum absolute atomic E-state index is 0.115. The van der Waals surface area contributed by atoms with Gasteiger partial charge < -0.3 is 0 Å². The number of carbonyl (C=O) groups excluding carboxylic acids is 1. The van der Waals surface area contributed by atoms with Gasteiger partial charge in [0.2, 0.25) is 0 Å². The molecule has 0 aliphatic carbocycles. The second-order valence-corrected chi connectivity index (χ2v) is 12.9. The topological polar surface area (TPSA) is 99.6 Å². The normalized spacial score (nSPS) is 17.2. The highest BCUT2D eigenvalue weighted by atomic mass is 35.5. The van der Waals surface area contributed by atoms with Crippen LogP contribution in [0.1, 0.15) is 60.1 Å². The summed E-state index contributed by atoms with van der Waals surface area (Å²) in [5.41, 5.74) is 6.53. The fourth-order valence-corrected chi connectivity index (χ4v) is 6.93. The quantitative estimate of drug-likeness (QED) is 0.372. The third-order valence-electron chi connectivity index (χ3n) is 7.36. The van der Waals surface area contributed by atoms with Crippen LogP contribution in [-0.2, 0) is 16.8 Å². The second-order valence-electron chi connectivity index (χ2n) is 10.3. The highest BCUT2D eigenvalue weighted by Crippen LogP contribution is 2.33. The number of hydrogen-bond acceptors (Lipinski definition) is 5. The fraction of sp³-hybridized carbons (Fsp3) is 0.429. The van der Waals surface area contributed by atoms with Gasteiger partial charge in [0, 0.05) is 48.9 Å². The summed E-state index contributed by atoms with van der Waals surface area (Å²) in [5.74, 6) is -0.397. The molecule has 2 N–H and O–H groups in total. The lowest BCUT2D eigenvalue weighted by molar-refractivity contribution is 0.0743. The van der Waals surface area contributed by atoms with E-state index in [1.807, 2.05) is 36.2 Å². The summed E-state index contributed by atoms with van der Waals surface area (Å²) in [7, 11) is -3.77. The van der Waals surface area contributed by atoms with Gasteiger partial charge >= 0.3 is 0 Å². The Labute approximate surface area is 245 Å². The Bertz CT molecular complexity index is 1460. The first-order chi connectivity index (χ1) is 19.2. The van der Waals surface area contributed by atoms with E-state index in [0.717, 1.165) is 62.7 Å². The second kappa shape index (κ2) is 12.6. The highest BCUT2D eigenvalue weighted by Gasteiger charge is 2.30. The van der Waals surface area contributed by atoms with Gasteiger partial charge in [-0.1, -0.05) is 65.9 Å². The number of hydrazine groups is 1. The maximum atomic E-state index is 13.7. The van der Waals surface area contributed by atoms with Gasteiger partial charge in [-0.15, -0.1) is 0 Å². The maximum absolute atomic E-state index is 13.7. The highest BCUT2D eigenvalue weighted by molar-refractivity contribution is 7.87. The molecule has 1 amide bonds. The maximum Gasteiger partial charge on any atom is 0.286 e. The van der Waals surface area contributed by atoms with E-state index in [9.17, 15) is 13.2 Å². The Morgan fingerprint density at radius 3 is 2.23 bits per heavy atom. The number of nitrogens with zero attached hydrogens (tertiary/aromatic N) is 4. The first-order valence-corrected chi connectivity index (χ1v) is 15.9. The van der Waals surface area contributed by atoms with Crippen molar-refractivity contribution in [2.24, 2.45) is 0 Å². The van der Waals surface area contributed by atoms with Crippen LogP contribution in [0.5, 0.6) is 0 Å². The van der Waals surface area contributed by atoms with Gasteiger partial charge in [0.15, 0.2) is 5.69 Å². The summed E-state index contributed by atoms with van der Waals surface area (Å²) < 4.78 is 32.4. The molecule has 2 aromatic carbocycles. The number of aromatic nitrogens is 2. The molecular formula is C28H34Cl2N6O3S. The lowest BCUT2D eigenvalue weighted by Gasteiger charge is -2.27. The summed E-state index contributed by atoms with van der Waals surface area (Å²) in [6.07, 6.45) is 5.77. The Morgan fingerprint density at radius 1 is 0.925 bits per heavy atom. The van der Waals surface area contributed by atoms with Crippen molar-refractivity contribution in [3.05, 3.63) is 69.3 Å². The van der Waals surface area contributed by atoms with Crippen molar-refractivity contribution >= 4 is 39.3 Å². The SMILES string of the molecule is Cc1ccc(-c2c(CNS(=O)(=O)N3CCCCC3)c(C(=O)NN3CCCCC3)nn2-c2ccc(Cl)cc2Cl)cc1. The zero-order valence-electron chi connectivity index (χ0n) is 22.5. The predicted octanol–water partition coefficient (Wildman–Crippen LogP) is 5.11. The van der Waals surface area contributed by atoms with Crippen molar-refractivity contribution in [3.63, 3.8) is 0 Å². The van der Waals surface area contributed by atoms with E-state index in [0.29, 0.717) is 40.1 Å². The number of amides is 1. The van der Waals surface area contributed by atoms with Gasteiger partial charge in [-0.3, -0.25) is 10.2 Å². The monoisotopic (exact) mass is 604 g/mol. The van der Waals surface area contributed by atoms with Crippen LogP contribution in [0, 0.1) is 6.92 Å². The zero-order chi connectivity index (χ0) is 28.3. The number of benzene rings is 2. The number of carbonyl (C=O) groups is 1. The number of nitrogens with one attached hydrogen (secondary N) is 2. The van der Waals surface area contributed by atoms with Crippen LogP contribution in [-0.4, -0.2) is 59.6 Å². The van der Waals surface area contributed by atoms with E-state index in [4.69, 9.17) is 28.3 Å². The van der Waals surface area contributed by atoms with E-state index in [-0.39, 0.29) is 12.2 Å². The largest absolute Gasteiger partial charge is 0.286 e. The molecule has 0 bridgehead atoms. The number of piperidine rings is 2. The van der Waals surface area contributed by atoms with Crippen molar-refractivity contribution in [1.29, 1.82) is 0 Å². The molecule has 5 rings (SSSR count). The number of aryl methyl sites for hydroxylation is 1. The van der Waals surface area contributed by atoms with Crippen molar-refractivity contribution in [2.75, 3.05) is 26.2 Å². The van der Waals surface area contributed by atoms with E-state index in [2.05, 4.69) is 10.1 Å². The molecule has 12 heteroatoms. The van der Waals surface area contributed by atoms with Crippen molar-refractivity contribution in [2.45, 2.75) is 52.0 Å². The molecule has 3 aromatic rings. The van der Waals surface area contributed by atoms with Gasteiger partial charge in [-0.25, -0.2) is 9.69 Å². The van der Waals surface area contributed by atoms with Crippen molar-refractivity contribution in [3.8, 4) is 16.9 Å². The van der Waals surface area contributed by atoms with Crippen LogP contribution in [0.3, 0.4) is 0 Å². The molecule has 214 valence electrons. The summed E-state index contributed by atoms with van der Waals surface area (Å²) in [5, 5.41) is 7.47. The molecule has 40 heavy (non-hydrogen) atoms. The number of hydrogen-bond donors (Lipinski definition) is 2. The molecule has 9 nitrogen and oxygen atoms in total. The van der Waals surface area contributed by atoms with Crippen LogP contribution >= 0.6 is 23.2 Å². The van der Waals surface area contributed by atoms with E-state index in [1.165, 1.54) is 4.31 Å². The molecule has 0 spiro atoms. The minimum atomic E-state index is -3.77. The van der Waals surface area contributed by atoms with Gasteiger partial charge in [0.05, 0.1) is 16.4 Å². The molecule has 3 heterocycles. The summed E-state index contributed by atoms with van der Waals surface area (Å²) in [6.45, 7) is 4.32. The van der Waals surface area contributed by atoms with E-state index < -0.39 is 16.1 Å². The molecular weight excluding hydrogens is 571 g/mol.